The van der Waals surface area contributed by atoms with Gasteiger partial charge in [0.25, 0.3) is 0 Å². The molecule has 0 saturated carbocycles. The lowest BCUT2D eigenvalue weighted by Gasteiger charge is -2.31. The third-order valence-electron chi connectivity index (χ3n) is 12.0. The maximum absolute atomic E-state index is 12.8. The van der Waals surface area contributed by atoms with Crippen LogP contribution in [-0.2, 0) is 28.6 Å². The van der Waals surface area contributed by atoms with Crippen LogP contribution in [0, 0.1) is 0 Å². The first-order valence-corrected chi connectivity index (χ1v) is 27.8. The SMILES string of the molecule is CC/C=C/C/C=C/C/C=C/C/C=C/C/C=C/C/C=C/CCCCCC(=O)OCC(COCCC(C(=O)O)[N+](C)(C)C)OC(=O)CCCCCCCCC/C=C/C/C=C/CCCCCCCCCCC. The van der Waals surface area contributed by atoms with Gasteiger partial charge in [-0.3, -0.25) is 9.59 Å². The van der Waals surface area contributed by atoms with Crippen LogP contribution in [0.5, 0.6) is 0 Å². The number of likely N-dealkylation sites (N-methyl/N-ethyl adjacent to an activating group) is 1. The fourth-order valence-electron chi connectivity index (χ4n) is 7.71. The van der Waals surface area contributed by atoms with Crippen molar-refractivity contribution >= 4 is 17.9 Å². The summed E-state index contributed by atoms with van der Waals surface area (Å²) in [6.45, 7) is 4.59. The highest BCUT2D eigenvalue weighted by Crippen LogP contribution is 2.14. The van der Waals surface area contributed by atoms with E-state index in [0.717, 1.165) is 96.3 Å². The van der Waals surface area contributed by atoms with E-state index in [-0.39, 0.29) is 36.2 Å². The molecule has 1 N–H and O–H groups in total. The van der Waals surface area contributed by atoms with Crippen LogP contribution in [0.3, 0.4) is 0 Å². The van der Waals surface area contributed by atoms with Gasteiger partial charge < -0.3 is 23.8 Å². The smallest absolute Gasteiger partial charge is 0.362 e. The third-order valence-corrected chi connectivity index (χ3v) is 12.0. The Bertz CT molecular complexity index is 1450. The Balaban J connectivity index is 4.31. The largest absolute Gasteiger partial charge is 0.477 e. The summed E-state index contributed by atoms with van der Waals surface area (Å²) in [4.78, 5) is 37.2. The average Bonchev–Trinajstić information content (AvgIpc) is 3.31. The summed E-state index contributed by atoms with van der Waals surface area (Å²) < 4.78 is 17.3. The van der Waals surface area contributed by atoms with Crippen molar-refractivity contribution in [3.8, 4) is 0 Å². The number of unbranched alkanes of at least 4 members (excludes halogenated alkanes) is 19. The third kappa shape index (κ3) is 49.0. The van der Waals surface area contributed by atoms with E-state index in [1.54, 1.807) is 0 Å². The number of quaternary nitrogens is 1. The Morgan fingerprint density at radius 2 is 0.812 bits per heavy atom. The van der Waals surface area contributed by atoms with Gasteiger partial charge in [-0.2, -0.15) is 0 Å². The number of carboxylic acids is 1. The molecule has 0 fully saturated rings. The van der Waals surface area contributed by atoms with Crippen LogP contribution < -0.4 is 0 Å². The molecule has 0 aromatic rings. The van der Waals surface area contributed by atoms with E-state index in [4.69, 9.17) is 14.2 Å². The monoisotopic (exact) mass is 963 g/mol. The molecule has 0 heterocycles. The molecule has 0 aromatic heterocycles. The van der Waals surface area contributed by atoms with Crippen molar-refractivity contribution in [1.29, 1.82) is 0 Å². The molecular formula is C61H104NO7+. The maximum Gasteiger partial charge on any atom is 0.362 e. The molecule has 0 spiro atoms. The standard InChI is InChI=1S/C61H103NO7/c1-6-8-10-12-14-16-18-20-22-24-26-28-30-32-34-36-38-40-42-44-46-48-50-52-60(64)69-57(55-67-54-53-58(61(65)66)62(3,4)5)56-68-59(63)51-49-47-45-43-41-39-37-35-33-31-29-27-25-23-21-19-17-15-13-11-9-7-2/h9,11,15,17,21,23,26-29,32-35,39,41,57-58H,6-8,10,12-14,16,18-20,22,24-25,30-31,36-38,40,42-56H2,1-5H3/p+1/b11-9+,17-15+,23-21+,28-26+,29-27+,34-32+,35-33+,41-39+. The van der Waals surface area contributed by atoms with Gasteiger partial charge in [-0.25, -0.2) is 4.79 Å². The Morgan fingerprint density at radius 3 is 1.22 bits per heavy atom. The van der Waals surface area contributed by atoms with Crippen molar-refractivity contribution in [2.45, 2.75) is 231 Å². The number of ether oxygens (including phenoxy) is 3. The summed E-state index contributed by atoms with van der Waals surface area (Å²) in [7, 11) is 5.52. The first-order chi connectivity index (χ1) is 33.6. The number of hydrogen-bond donors (Lipinski definition) is 1. The van der Waals surface area contributed by atoms with E-state index < -0.39 is 18.1 Å². The first-order valence-electron chi connectivity index (χ1n) is 27.8. The van der Waals surface area contributed by atoms with Crippen LogP contribution in [0.15, 0.2) is 97.2 Å². The van der Waals surface area contributed by atoms with Gasteiger partial charge in [0.05, 0.1) is 34.4 Å². The molecule has 0 radical (unpaired) electrons. The van der Waals surface area contributed by atoms with Gasteiger partial charge in [0.1, 0.15) is 6.61 Å². The van der Waals surface area contributed by atoms with Crippen LogP contribution in [0.4, 0.5) is 0 Å². The van der Waals surface area contributed by atoms with E-state index in [2.05, 4.69) is 111 Å². The van der Waals surface area contributed by atoms with Gasteiger partial charge in [-0.15, -0.1) is 0 Å². The van der Waals surface area contributed by atoms with Crippen molar-refractivity contribution in [2.24, 2.45) is 0 Å². The van der Waals surface area contributed by atoms with Crippen LogP contribution in [-0.4, -0.2) is 80.6 Å². The fraction of sp³-hybridized carbons (Fsp3) is 0.689. The summed E-state index contributed by atoms with van der Waals surface area (Å²) in [5.74, 6) is -1.52. The number of hydrogen-bond acceptors (Lipinski definition) is 6. The van der Waals surface area contributed by atoms with Crippen molar-refractivity contribution in [3.05, 3.63) is 97.2 Å². The molecular weight excluding hydrogens is 859 g/mol. The second kappa shape index (κ2) is 50.6. The predicted molar refractivity (Wildman–Crippen MR) is 293 cm³/mol. The van der Waals surface area contributed by atoms with E-state index in [1.165, 1.54) is 89.9 Å². The number of carboxylic acid groups (broad SMARTS) is 1. The number of nitrogens with zero attached hydrogens (tertiary/aromatic N) is 1. The molecule has 0 aliphatic rings. The molecule has 0 bridgehead atoms. The number of rotatable bonds is 49. The highest BCUT2D eigenvalue weighted by Gasteiger charge is 2.31. The zero-order valence-corrected chi connectivity index (χ0v) is 45.0. The molecule has 0 aromatic carbocycles. The molecule has 0 aliphatic carbocycles. The Hall–Kier alpha value is -3.75. The second-order valence-corrected chi connectivity index (χ2v) is 19.5. The van der Waals surface area contributed by atoms with Gasteiger partial charge in [-0.1, -0.05) is 201 Å². The molecule has 0 amide bonds. The molecule has 0 saturated heterocycles. The zero-order chi connectivity index (χ0) is 50.6. The minimum absolute atomic E-state index is 0.0414. The maximum atomic E-state index is 12.8. The summed E-state index contributed by atoms with van der Waals surface area (Å²) in [5.41, 5.74) is 0. The normalized spacial score (nSPS) is 13.6. The Morgan fingerprint density at radius 1 is 0.449 bits per heavy atom. The van der Waals surface area contributed by atoms with E-state index in [9.17, 15) is 19.5 Å². The molecule has 2 unspecified atom stereocenters. The summed E-state index contributed by atoms with van der Waals surface area (Å²) in [6, 6.07) is -0.628. The molecule has 0 aliphatic heterocycles. The average molecular weight is 964 g/mol. The second-order valence-electron chi connectivity index (χ2n) is 19.5. The van der Waals surface area contributed by atoms with Gasteiger partial charge in [0.15, 0.2) is 12.1 Å². The first kappa shape index (κ1) is 65.2. The number of carbonyl (C=O) groups excluding carboxylic acids is 2. The van der Waals surface area contributed by atoms with E-state index in [0.29, 0.717) is 19.3 Å². The van der Waals surface area contributed by atoms with Crippen molar-refractivity contribution in [2.75, 3.05) is 41.0 Å². The van der Waals surface area contributed by atoms with Crippen LogP contribution in [0.2, 0.25) is 0 Å². The Labute approximate surface area is 424 Å². The molecule has 69 heavy (non-hydrogen) atoms. The quantitative estimate of drug-likeness (QED) is 0.0281. The predicted octanol–water partition coefficient (Wildman–Crippen LogP) is 16.6. The topological polar surface area (TPSA) is 99.1 Å². The minimum Gasteiger partial charge on any atom is -0.477 e. The molecule has 8 nitrogen and oxygen atoms in total. The van der Waals surface area contributed by atoms with Gasteiger partial charge in [0, 0.05) is 19.3 Å². The lowest BCUT2D eigenvalue weighted by molar-refractivity contribution is -0.887. The lowest BCUT2D eigenvalue weighted by Crippen LogP contribution is -2.50. The summed E-state index contributed by atoms with van der Waals surface area (Å²) in [5, 5.41) is 9.67. The van der Waals surface area contributed by atoms with E-state index in [1.807, 2.05) is 21.1 Å². The molecule has 2 atom stereocenters. The minimum atomic E-state index is -0.884. The zero-order valence-electron chi connectivity index (χ0n) is 45.0. The van der Waals surface area contributed by atoms with Crippen molar-refractivity contribution < 1.29 is 38.2 Å². The van der Waals surface area contributed by atoms with Crippen molar-refractivity contribution in [1.82, 2.24) is 0 Å². The van der Waals surface area contributed by atoms with Crippen LogP contribution >= 0.6 is 0 Å². The molecule has 394 valence electrons. The van der Waals surface area contributed by atoms with Gasteiger partial charge >= 0.3 is 17.9 Å². The fourth-order valence-corrected chi connectivity index (χ4v) is 7.71. The molecule has 8 heteroatoms. The highest BCUT2D eigenvalue weighted by atomic mass is 16.6. The highest BCUT2D eigenvalue weighted by molar-refractivity contribution is 5.72. The summed E-state index contributed by atoms with van der Waals surface area (Å²) >= 11 is 0. The van der Waals surface area contributed by atoms with Crippen LogP contribution in [0.1, 0.15) is 219 Å². The number of allylic oxidation sites excluding steroid dienone is 16. The van der Waals surface area contributed by atoms with Gasteiger partial charge in [-0.05, 0) is 96.3 Å². The summed E-state index contributed by atoms with van der Waals surface area (Å²) in [6.07, 6.45) is 68.9. The number of esters is 2. The van der Waals surface area contributed by atoms with Crippen molar-refractivity contribution in [3.63, 3.8) is 0 Å². The van der Waals surface area contributed by atoms with E-state index >= 15 is 0 Å². The Kier molecular flexibility index (Phi) is 47.9. The van der Waals surface area contributed by atoms with Gasteiger partial charge in [0.2, 0.25) is 0 Å². The van der Waals surface area contributed by atoms with Crippen LogP contribution in [0.25, 0.3) is 0 Å². The lowest BCUT2D eigenvalue weighted by atomic mass is 10.1. The number of aliphatic carboxylic acids is 1. The number of carbonyl (C=O) groups is 3. The molecule has 0 rings (SSSR count).